The Labute approximate surface area is 116 Å². The van der Waals surface area contributed by atoms with Crippen molar-refractivity contribution >= 4 is 33.3 Å². The van der Waals surface area contributed by atoms with Crippen molar-refractivity contribution in [3.05, 3.63) is 17.3 Å². The number of aromatic nitrogens is 2. The molecular weight excluding hydrogens is 260 g/mol. The molecule has 3 N–H and O–H groups in total. The Morgan fingerprint density at radius 2 is 2.11 bits per heavy atom. The van der Waals surface area contributed by atoms with E-state index in [9.17, 15) is 4.79 Å². The summed E-state index contributed by atoms with van der Waals surface area (Å²) in [6.07, 6.45) is 4.17. The van der Waals surface area contributed by atoms with Crippen LogP contribution < -0.4 is 11.1 Å². The minimum Gasteiger partial charge on any atom is -0.396 e. The Balaban J connectivity index is 2.20. The maximum Gasteiger partial charge on any atom is 0.263 e. The van der Waals surface area contributed by atoms with E-state index in [1.807, 2.05) is 0 Å². The Morgan fingerprint density at radius 3 is 2.74 bits per heavy atom. The van der Waals surface area contributed by atoms with Crippen molar-refractivity contribution in [1.82, 2.24) is 15.3 Å². The van der Waals surface area contributed by atoms with Crippen LogP contribution in [0.5, 0.6) is 0 Å². The molecule has 0 aliphatic rings. The minimum atomic E-state index is -0.149. The van der Waals surface area contributed by atoms with Crippen molar-refractivity contribution in [3.63, 3.8) is 0 Å². The molecule has 0 aliphatic heterocycles. The van der Waals surface area contributed by atoms with Crippen LogP contribution in [0.3, 0.4) is 0 Å². The van der Waals surface area contributed by atoms with E-state index in [1.165, 1.54) is 11.3 Å². The summed E-state index contributed by atoms with van der Waals surface area (Å²) in [4.78, 5) is 21.7. The quantitative estimate of drug-likeness (QED) is 0.900. The predicted molar refractivity (Wildman–Crippen MR) is 78.2 cm³/mol. The van der Waals surface area contributed by atoms with Crippen molar-refractivity contribution in [2.75, 3.05) is 12.3 Å². The van der Waals surface area contributed by atoms with Crippen molar-refractivity contribution in [1.29, 1.82) is 0 Å². The van der Waals surface area contributed by atoms with E-state index < -0.39 is 0 Å². The van der Waals surface area contributed by atoms with Gasteiger partial charge in [-0.3, -0.25) is 4.79 Å². The summed E-state index contributed by atoms with van der Waals surface area (Å²) in [5, 5.41) is 2.93. The highest BCUT2D eigenvalue weighted by Crippen LogP contribution is 2.30. The average Bonchev–Trinajstić information content (AvgIpc) is 2.74. The lowest BCUT2D eigenvalue weighted by Crippen LogP contribution is -2.33. The smallest absolute Gasteiger partial charge is 0.263 e. The Kier molecular flexibility index (Phi) is 3.71. The molecule has 6 heteroatoms. The molecule has 0 spiro atoms. The maximum atomic E-state index is 12.2. The molecule has 0 unspecified atom stereocenters. The standard InChI is InChI=1S/C13H18N4OS/c1-4-13(2,3)7-17-11(18)10-8(14)9-12(19-10)16-6-5-15-9/h5-6H,4,7,14H2,1-3H3,(H,17,18). The molecule has 0 fully saturated rings. The molecule has 0 atom stereocenters. The molecule has 1 amide bonds. The van der Waals surface area contributed by atoms with Crippen LogP contribution in [-0.2, 0) is 0 Å². The van der Waals surface area contributed by atoms with Gasteiger partial charge in [-0.25, -0.2) is 9.97 Å². The van der Waals surface area contributed by atoms with Gasteiger partial charge in [0.05, 0.1) is 5.69 Å². The monoisotopic (exact) mass is 278 g/mol. The zero-order valence-corrected chi connectivity index (χ0v) is 12.2. The fourth-order valence-electron chi connectivity index (χ4n) is 1.54. The lowest BCUT2D eigenvalue weighted by Gasteiger charge is -2.22. The number of fused-ring (bicyclic) bond motifs is 1. The molecule has 0 radical (unpaired) electrons. The normalized spacial score (nSPS) is 11.7. The fourth-order valence-corrected chi connectivity index (χ4v) is 2.48. The lowest BCUT2D eigenvalue weighted by atomic mass is 9.90. The van der Waals surface area contributed by atoms with Crippen LogP contribution >= 0.6 is 11.3 Å². The third-order valence-electron chi connectivity index (χ3n) is 3.25. The van der Waals surface area contributed by atoms with Crippen molar-refractivity contribution in [2.24, 2.45) is 5.41 Å². The molecule has 0 aromatic carbocycles. The van der Waals surface area contributed by atoms with E-state index in [-0.39, 0.29) is 11.3 Å². The fraction of sp³-hybridized carbons (Fsp3) is 0.462. The van der Waals surface area contributed by atoms with Crippen LogP contribution in [0.25, 0.3) is 10.3 Å². The number of carbonyl (C=O) groups excluding carboxylic acids is 1. The molecule has 0 saturated carbocycles. The van der Waals surface area contributed by atoms with Gasteiger partial charge in [0.15, 0.2) is 0 Å². The van der Waals surface area contributed by atoms with Gasteiger partial charge in [0.25, 0.3) is 5.91 Å². The number of rotatable bonds is 4. The number of nitrogens with zero attached hydrogens (tertiary/aromatic N) is 2. The van der Waals surface area contributed by atoms with E-state index in [2.05, 4.69) is 36.1 Å². The molecule has 102 valence electrons. The number of hydrogen-bond donors (Lipinski definition) is 2. The molecule has 2 rings (SSSR count). The Bertz CT molecular complexity index is 606. The van der Waals surface area contributed by atoms with Gasteiger partial charge >= 0.3 is 0 Å². The first-order valence-corrected chi connectivity index (χ1v) is 7.03. The van der Waals surface area contributed by atoms with Gasteiger partial charge in [-0.1, -0.05) is 20.8 Å². The number of thiophene rings is 1. The summed E-state index contributed by atoms with van der Waals surface area (Å²) in [6, 6.07) is 0. The van der Waals surface area contributed by atoms with Gasteiger partial charge in [0.1, 0.15) is 15.2 Å². The van der Waals surface area contributed by atoms with Gasteiger partial charge in [-0.2, -0.15) is 0 Å². The van der Waals surface area contributed by atoms with Crippen LogP contribution in [0, 0.1) is 5.41 Å². The zero-order valence-electron chi connectivity index (χ0n) is 11.4. The SMILES string of the molecule is CCC(C)(C)CNC(=O)c1sc2nccnc2c1N. The van der Waals surface area contributed by atoms with Crippen molar-refractivity contribution < 1.29 is 4.79 Å². The molecule has 2 aromatic heterocycles. The second kappa shape index (κ2) is 5.13. The van der Waals surface area contributed by atoms with Crippen molar-refractivity contribution in [3.8, 4) is 0 Å². The topological polar surface area (TPSA) is 80.9 Å². The molecule has 0 bridgehead atoms. The summed E-state index contributed by atoms with van der Waals surface area (Å²) < 4.78 is 0. The number of hydrogen-bond acceptors (Lipinski definition) is 5. The van der Waals surface area contributed by atoms with E-state index >= 15 is 0 Å². The first-order chi connectivity index (χ1) is 8.94. The van der Waals surface area contributed by atoms with Gasteiger partial charge in [-0.05, 0) is 11.8 Å². The second-order valence-electron chi connectivity index (χ2n) is 5.26. The van der Waals surface area contributed by atoms with Gasteiger partial charge in [0, 0.05) is 18.9 Å². The highest BCUT2D eigenvalue weighted by atomic mass is 32.1. The Hall–Kier alpha value is -1.69. The van der Waals surface area contributed by atoms with Crippen LogP contribution in [-0.4, -0.2) is 22.4 Å². The number of nitrogens with two attached hydrogens (primary N) is 1. The molecule has 2 aromatic rings. The zero-order chi connectivity index (χ0) is 14.0. The number of anilines is 1. The average molecular weight is 278 g/mol. The van der Waals surface area contributed by atoms with Crippen LogP contribution in [0.2, 0.25) is 0 Å². The second-order valence-corrected chi connectivity index (χ2v) is 6.25. The van der Waals surface area contributed by atoms with E-state index in [1.54, 1.807) is 12.4 Å². The third kappa shape index (κ3) is 2.84. The molecule has 0 aliphatic carbocycles. The number of carbonyl (C=O) groups is 1. The molecule has 0 saturated heterocycles. The highest BCUT2D eigenvalue weighted by Gasteiger charge is 2.21. The lowest BCUT2D eigenvalue weighted by molar-refractivity contribution is 0.0940. The molecular formula is C13H18N4OS. The minimum absolute atomic E-state index is 0.0810. The summed E-state index contributed by atoms with van der Waals surface area (Å²) in [5.74, 6) is -0.149. The highest BCUT2D eigenvalue weighted by molar-refractivity contribution is 7.21. The third-order valence-corrected chi connectivity index (χ3v) is 4.36. The number of nitrogen functional groups attached to an aromatic ring is 1. The summed E-state index contributed by atoms with van der Waals surface area (Å²) in [5.41, 5.74) is 7.06. The largest absolute Gasteiger partial charge is 0.396 e. The Morgan fingerprint density at radius 1 is 1.42 bits per heavy atom. The van der Waals surface area contributed by atoms with Crippen LogP contribution in [0.4, 0.5) is 5.69 Å². The number of nitrogens with one attached hydrogen (secondary N) is 1. The van der Waals surface area contributed by atoms with Gasteiger partial charge in [0.2, 0.25) is 0 Å². The first-order valence-electron chi connectivity index (χ1n) is 6.22. The van der Waals surface area contributed by atoms with Crippen LogP contribution in [0.1, 0.15) is 36.9 Å². The predicted octanol–water partition coefficient (Wildman–Crippen LogP) is 2.44. The first kappa shape index (κ1) is 13.7. The summed E-state index contributed by atoms with van der Waals surface area (Å²) in [7, 11) is 0. The summed E-state index contributed by atoms with van der Waals surface area (Å²) in [6.45, 7) is 6.96. The van der Waals surface area contributed by atoms with Crippen molar-refractivity contribution in [2.45, 2.75) is 27.2 Å². The van der Waals surface area contributed by atoms with E-state index in [4.69, 9.17) is 5.73 Å². The number of amides is 1. The van der Waals surface area contributed by atoms with E-state index in [0.717, 1.165) is 6.42 Å². The van der Waals surface area contributed by atoms with Gasteiger partial charge in [-0.15, -0.1) is 11.3 Å². The van der Waals surface area contributed by atoms with Gasteiger partial charge < -0.3 is 11.1 Å². The summed E-state index contributed by atoms with van der Waals surface area (Å²) >= 11 is 1.28. The molecule has 2 heterocycles. The van der Waals surface area contributed by atoms with E-state index in [0.29, 0.717) is 27.5 Å². The molecule has 19 heavy (non-hydrogen) atoms. The molecule has 5 nitrogen and oxygen atoms in total. The van der Waals surface area contributed by atoms with Crippen LogP contribution in [0.15, 0.2) is 12.4 Å². The maximum absolute atomic E-state index is 12.2.